The molecule has 1 aliphatic rings. The molecule has 3 aromatic rings. The molecule has 0 saturated heterocycles. The van der Waals surface area contributed by atoms with Gasteiger partial charge in [-0.1, -0.05) is 0 Å². The summed E-state index contributed by atoms with van der Waals surface area (Å²) in [5, 5.41) is 8.07. The van der Waals surface area contributed by atoms with Crippen LogP contribution in [0.5, 0.6) is 0 Å². The molecule has 0 unspecified atom stereocenters. The monoisotopic (exact) mass is 408 g/mol. The lowest BCUT2D eigenvalue weighted by Gasteiger charge is -2.10. The zero-order valence-corrected chi connectivity index (χ0v) is 16.3. The first-order valence-electron chi connectivity index (χ1n) is 8.66. The second-order valence-corrected chi connectivity index (χ2v) is 8.51. The first kappa shape index (κ1) is 18.6. The number of anilines is 1. The van der Waals surface area contributed by atoms with Gasteiger partial charge in [-0.25, -0.2) is 17.2 Å². The third-order valence-electron chi connectivity index (χ3n) is 4.95. The fourth-order valence-corrected chi connectivity index (χ4v) is 4.66. The van der Waals surface area contributed by atoms with Crippen LogP contribution in [0.25, 0.3) is 11.5 Å². The summed E-state index contributed by atoms with van der Waals surface area (Å²) >= 11 is 0. The number of nitrogens with zero attached hydrogens (tertiary/aromatic N) is 3. The van der Waals surface area contributed by atoms with Gasteiger partial charge in [0.05, 0.1) is 11.3 Å². The van der Waals surface area contributed by atoms with Crippen LogP contribution in [0.3, 0.4) is 0 Å². The maximum Gasteiger partial charge on any atom is 0.264 e. The minimum absolute atomic E-state index is 0.0387. The standard InChI is InChI=1S/C18H18F2N4O3S/c1-9-15(18-22-21-17(27-18)11-4-5-11)16(10(2)24(9)3)28(25,26)23-12-6-7-13(19)14(20)8-12/h6-8,11,23H,4-5H2,1-3H3. The number of aromatic nitrogens is 3. The lowest BCUT2D eigenvalue weighted by atomic mass is 10.2. The molecule has 10 heteroatoms. The van der Waals surface area contributed by atoms with Gasteiger partial charge in [-0.3, -0.25) is 4.72 Å². The van der Waals surface area contributed by atoms with Gasteiger partial charge in [-0.05, 0) is 38.8 Å². The second-order valence-electron chi connectivity index (χ2n) is 6.89. The van der Waals surface area contributed by atoms with Gasteiger partial charge in [0.15, 0.2) is 11.6 Å². The molecule has 7 nitrogen and oxygen atoms in total. The summed E-state index contributed by atoms with van der Waals surface area (Å²) in [4.78, 5) is -0.0387. The molecule has 2 heterocycles. The van der Waals surface area contributed by atoms with Crippen molar-refractivity contribution in [2.45, 2.75) is 37.5 Å². The van der Waals surface area contributed by atoms with Crippen molar-refractivity contribution in [2.75, 3.05) is 4.72 Å². The van der Waals surface area contributed by atoms with Crippen LogP contribution >= 0.6 is 0 Å². The van der Waals surface area contributed by atoms with Crippen LogP contribution in [0.2, 0.25) is 0 Å². The van der Waals surface area contributed by atoms with Crippen molar-refractivity contribution in [3.05, 3.63) is 47.1 Å². The van der Waals surface area contributed by atoms with Gasteiger partial charge in [0.1, 0.15) is 4.90 Å². The molecule has 0 bridgehead atoms. The average Bonchev–Trinajstić information content (AvgIpc) is 3.32. The van der Waals surface area contributed by atoms with Crippen LogP contribution in [0, 0.1) is 25.5 Å². The lowest BCUT2D eigenvalue weighted by molar-refractivity contribution is 0.507. The van der Waals surface area contributed by atoms with E-state index >= 15 is 0 Å². The summed E-state index contributed by atoms with van der Waals surface area (Å²) in [5.41, 5.74) is 1.30. The Balaban J connectivity index is 1.81. The third kappa shape index (κ3) is 3.07. The maximum absolute atomic E-state index is 13.5. The highest BCUT2D eigenvalue weighted by Crippen LogP contribution is 2.41. The Labute approximate surface area is 160 Å². The smallest absolute Gasteiger partial charge is 0.264 e. The van der Waals surface area contributed by atoms with Crippen LogP contribution in [-0.4, -0.2) is 23.2 Å². The van der Waals surface area contributed by atoms with Crippen LogP contribution in [0.15, 0.2) is 27.5 Å². The molecule has 1 fully saturated rings. The predicted molar refractivity (Wildman–Crippen MR) is 97.3 cm³/mol. The van der Waals surface area contributed by atoms with E-state index in [1.807, 2.05) is 0 Å². The summed E-state index contributed by atoms with van der Waals surface area (Å²) in [6.07, 6.45) is 1.94. The van der Waals surface area contributed by atoms with E-state index in [4.69, 9.17) is 4.42 Å². The summed E-state index contributed by atoms with van der Waals surface area (Å²) in [7, 11) is -2.41. The zero-order chi connectivity index (χ0) is 20.2. The van der Waals surface area contributed by atoms with E-state index in [1.54, 1.807) is 25.5 Å². The highest BCUT2D eigenvalue weighted by Gasteiger charge is 2.34. The normalized spacial score (nSPS) is 14.5. The molecule has 1 N–H and O–H groups in total. The van der Waals surface area contributed by atoms with Crippen molar-refractivity contribution in [2.24, 2.45) is 7.05 Å². The topological polar surface area (TPSA) is 90.0 Å². The first-order valence-corrected chi connectivity index (χ1v) is 10.1. The molecule has 0 amide bonds. The number of nitrogens with one attached hydrogen (secondary N) is 1. The van der Waals surface area contributed by atoms with Crippen molar-refractivity contribution < 1.29 is 21.6 Å². The lowest BCUT2D eigenvalue weighted by Crippen LogP contribution is -2.15. The van der Waals surface area contributed by atoms with Crippen LogP contribution in [0.4, 0.5) is 14.5 Å². The molecule has 4 rings (SSSR count). The quantitative estimate of drug-likeness (QED) is 0.696. The van der Waals surface area contributed by atoms with E-state index < -0.39 is 21.7 Å². The maximum atomic E-state index is 13.5. The van der Waals surface area contributed by atoms with Gasteiger partial charge < -0.3 is 8.98 Å². The molecule has 0 atom stereocenters. The Hall–Kier alpha value is -2.75. The van der Waals surface area contributed by atoms with Crippen LogP contribution in [0.1, 0.15) is 36.0 Å². The summed E-state index contributed by atoms with van der Waals surface area (Å²) in [6.45, 7) is 3.40. The Bertz CT molecular complexity index is 1180. The number of halogens is 2. The number of sulfonamides is 1. The van der Waals surface area contributed by atoms with Crippen molar-refractivity contribution in [1.29, 1.82) is 0 Å². The molecule has 148 valence electrons. The van der Waals surface area contributed by atoms with Crippen molar-refractivity contribution in [3.8, 4) is 11.5 Å². The van der Waals surface area contributed by atoms with Gasteiger partial charge in [-0.15, -0.1) is 10.2 Å². The molecule has 1 aromatic carbocycles. The first-order chi connectivity index (χ1) is 13.2. The van der Waals surface area contributed by atoms with Gasteiger partial charge in [0.25, 0.3) is 15.9 Å². The van der Waals surface area contributed by atoms with E-state index in [0.717, 1.165) is 31.0 Å². The molecule has 1 saturated carbocycles. The fourth-order valence-electron chi connectivity index (χ4n) is 3.09. The van der Waals surface area contributed by atoms with Gasteiger partial charge >= 0.3 is 0 Å². The van der Waals surface area contributed by atoms with Crippen molar-refractivity contribution in [3.63, 3.8) is 0 Å². The largest absolute Gasteiger partial charge is 0.420 e. The SMILES string of the molecule is Cc1c(-c2nnc(C3CC3)o2)c(S(=O)(=O)Nc2ccc(F)c(F)c2)c(C)n1C. The summed E-state index contributed by atoms with van der Waals surface area (Å²) < 4.78 is 62.6. The number of rotatable bonds is 5. The summed E-state index contributed by atoms with van der Waals surface area (Å²) in [6, 6.07) is 2.80. The predicted octanol–water partition coefficient (Wildman–Crippen LogP) is 3.65. The Morgan fingerprint density at radius 3 is 2.50 bits per heavy atom. The average molecular weight is 408 g/mol. The minimum Gasteiger partial charge on any atom is -0.420 e. The number of hydrogen-bond acceptors (Lipinski definition) is 5. The van der Waals surface area contributed by atoms with Crippen molar-refractivity contribution >= 4 is 15.7 Å². The molecule has 28 heavy (non-hydrogen) atoms. The summed E-state index contributed by atoms with van der Waals surface area (Å²) in [5.74, 6) is -1.37. The van der Waals surface area contributed by atoms with Gasteiger partial charge in [0.2, 0.25) is 5.89 Å². The molecular weight excluding hydrogens is 390 g/mol. The third-order valence-corrected chi connectivity index (χ3v) is 6.49. The fraction of sp³-hybridized carbons (Fsp3) is 0.333. The van der Waals surface area contributed by atoms with Gasteiger partial charge in [0, 0.05) is 30.4 Å². The highest BCUT2D eigenvalue weighted by molar-refractivity contribution is 7.93. The van der Waals surface area contributed by atoms with E-state index in [1.165, 1.54) is 0 Å². The molecule has 0 aliphatic heterocycles. The Morgan fingerprint density at radius 2 is 1.86 bits per heavy atom. The van der Waals surface area contributed by atoms with E-state index in [0.29, 0.717) is 22.8 Å². The number of benzene rings is 1. The molecule has 0 radical (unpaired) electrons. The highest BCUT2D eigenvalue weighted by atomic mass is 32.2. The van der Waals surface area contributed by atoms with Crippen LogP contribution < -0.4 is 4.72 Å². The Morgan fingerprint density at radius 1 is 1.14 bits per heavy atom. The van der Waals surface area contributed by atoms with E-state index in [9.17, 15) is 17.2 Å². The Kier molecular flexibility index (Phi) is 4.25. The molecule has 0 spiro atoms. The van der Waals surface area contributed by atoms with Crippen LogP contribution in [-0.2, 0) is 17.1 Å². The molecular formula is C18H18F2N4O3S. The van der Waals surface area contributed by atoms with E-state index in [-0.39, 0.29) is 22.4 Å². The number of hydrogen-bond donors (Lipinski definition) is 1. The molecule has 2 aromatic heterocycles. The van der Waals surface area contributed by atoms with Gasteiger partial charge in [-0.2, -0.15) is 0 Å². The second kappa shape index (κ2) is 6.40. The van der Waals surface area contributed by atoms with Crippen molar-refractivity contribution in [1.82, 2.24) is 14.8 Å². The zero-order valence-electron chi connectivity index (χ0n) is 15.5. The minimum atomic E-state index is -4.14. The van der Waals surface area contributed by atoms with E-state index in [2.05, 4.69) is 14.9 Å². The molecule has 1 aliphatic carbocycles.